The normalized spacial score (nSPS) is 29.5. The van der Waals surface area contributed by atoms with Gasteiger partial charge in [-0.15, -0.1) is 0 Å². The largest absolute Gasteiger partial charge is 0.405 e. The van der Waals surface area contributed by atoms with Crippen LogP contribution in [0.4, 0.5) is 4.39 Å². The highest BCUT2D eigenvalue weighted by Crippen LogP contribution is 2.60. The van der Waals surface area contributed by atoms with Gasteiger partial charge >= 0.3 is 17.8 Å². The number of carbonyl (C=O) groups is 2. The van der Waals surface area contributed by atoms with Gasteiger partial charge in [0, 0.05) is 30.0 Å². The molecular weight excluding hydrogens is 391 g/mol. The third-order valence-electron chi connectivity index (χ3n) is 6.71. The van der Waals surface area contributed by atoms with Crippen LogP contribution in [0.1, 0.15) is 37.8 Å². The highest BCUT2D eigenvalue weighted by Gasteiger charge is 2.61. The van der Waals surface area contributed by atoms with Crippen LogP contribution in [-0.4, -0.2) is 36.3 Å². The molecule has 1 saturated heterocycles. The molecule has 0 amide bonds. The first-order chi connectivity index (χ1) is 14.1. The lowest BCUT2D eigenvalue weighted by atomic mass is 9.62. The van der Waals surface area contributed by atoms with E-state index in [1.165, 1.54) is 12.1 Å². The molecule has 158 valence electrons. The number of benzene rings is 1. The Morgan fingerprint density at radius 2 is 1.90 bits per heavy atom. The molecule has 8 nitrogen and oxygen atoms in total. The van der Waals surface area contributed by atoms with E-state index in [2.05, 4.69) is 10.0 Å². The summed E-state index contributed by atoms with van der Waals surface area (Å²) in [5.74, 6) is -3.78. The fraction of sp³-hybridized carbons (Fsp3) is 0.524. The number of halogens is 1. The number of fused-ring (bicyclic) bond motifs is 1. The van der Waals surface area contributed by atoms with E-state index in [0.717, 1.165) is 17.7 Å². The van der Waals surface area contributed by atoms with Gasteiger partial charge in [0.05, 0.1) is 5.54 Å². The maximum Gasteiger partial charge on any atom is 0.335 e. The van der Waals surface area contributed by atoms with Crippen molar-refractivity contribution in [2.24, 2.45) is 16.4 Å². The molecule has 3 aliphatic rings. The summed E-state index contributed by atoms with van der Waals surface area (Å²) >= 11 is 0. The van der Waals surface area contributed by atoms with E-state index in [1.807, 2.05) is 13.8 Å². The van der Waals surface area contributed by atoms with E-state index in [1.54, 1.807) is 18.0 Å². The summed E-state index contributed by atoms with van der Waals surface area (Å²) in [5, 5.41) is 4.28. The lowest BCUT2D eigenvalue weighted by Crippen LogP contribution is -2.60. The molecule has 1 fully saturated rings. The average Bonchev–Trinajstić information content (AvgIpc) is 2.78. The minimum absolute atomic E-state index is 0.0983. The molecule has 2 aliphatic heterocycles. The fourth-order valence-electron chi connectivity index (χ4n) is 5.37. The predicted octanol–water partition coefficient (Wildman–Crippen LogP) is 3.57. The molecule has 1 aromatic rings. The monoisotopic (exact) mass is 414 g/mol. The van der Waals surface area contributed by atoms with Crippen LogP contribution >= 0.6 is 0 Å². The summed E-state index contributed by atoms with van der Waals surface area (Å²) in [6.07, 6.45) is 3.34. The highest BCUT2D eigenvalue weighted by molar-refractivity contribution is 5.93. The predicted molar refractivity (Wildman–Crippen MR) is 104 cm³/mol. The maximum atomic E-state index is 14.2. The molecule has 0 bridgehead atoms. The molecule has 0 saturated carbocycles. The van der Waals surface area contributed by atoms with E-state index in [0.29, 0.717) is 24.9 Å². The van der Waals surface area contributed by atoms with Crippen molar-refractivity contribution in [3.63, 3.8) is 0 Å². The summed E-state index contributed by atoms with van der Waals surface area (Å²) < 4.78 is 25.4. The third kappa shape index (κ3) is 2.88. The number of rotatable bonds is 2. The zero-order chi connectivity index (χ0) is 21.7. The quantitative estimate of drug-likeness (QED) is 0.318. The van der Waals surface area contributed by atoms with Crippen molar-refractivity contribution >= 4 is 11.9 Å². The van der Waals surface area contributed by atoms with Gasteiger partial charge in [-0.05, 0) is 60.0 Å². The van der Waals surface area contributed by atoms with Gasteiger partial charge < -0.3 is 9.47 Å². The zero-order valence-electron chi connectivity index (χ0n) is 17.1. The van der Waals surface area contributed by atoms with Gasteiger partial charge in [-0.25, -0.2) is 18.9 Å². The Labute approximate surface area is 173 Å². The second-order valence-electron chi connectivity index (χ2n) is 8.82. The summed E-state index contributed by atoms with van der Waals surface area (Å²) in [4.78, 5) is 29.1. The Hall–Kier alpha value is -2.90. The molecule has 1 spiro atoms. The molecule has 2 heterocycles. The minimum atomic E-state index is -1.62. The maximum absolute atomic E-state index is 14.2. The van der Waals surface area contributed by atoms with Crippen molar-refractivity contribution in [2.45, 2.75) is 44.6 Å². The smallest absolute Gasteiger partial charge is 0.335 e. The molecule has 1 aliphatic carbocycles. The average molecular weight is 414 g/mol. The number of hydrogen-bond donors (Lipinski definition) is 0. The molecule has 1 aromatic carbocycles. The van der Waals surface area contributed by atoms with Crippen LogP contribution < -0.4 is 0 Å². The first kappa shape index (κ1) is 20.4. The van der Waals surface area contributed by atoms with Crippen molar-refractivity contribution in [1.29, 1.82) is 0 Å². The van der Waals surface area contributed by atoms with E-state index in [9.17, 15) is 19.5 Å². The Bertz CT molecular complexity index is 981. The van der Waals surface area contributed by atoms with Crippen LogP contribution in [0.5, 0.6) is 0 Å². The summed E-state index contributed by atoms with van der Waals surface area (Å²) in [6, 6.07) is 4.55. The molecule has 30 heavy (non-hydrogen) atoms. The number of nitrogens with zero attached hydrogens (tertiary/aromatic N) is 4. The van der Waals surface area contributed by atoms with Gasteiger partial charge in [-0.1, -0.05) is 25.0 Å². The number of piperidine rings is 1. The van der Waals surface area contributed by atoms with Gasteiger partial charge in [0.25, 0.3) is 0 Å². The first-order valence-electron chi connectivity index (χ1n) is 9.84. The molecule has 0 radical (unpaired) electrons. The van der Waals surface area contributed by atoms with Crippen molar-refractivity contribution in [3.05, 3.63) is 57.7 Å². The highest BCUT2D eigenvalue weighted by atomic mass is 19.1. The number of esters is 2. The van der Waals surface area contributed by atoms with Crippen molar-refractivity contribution in [3.8, 4) is 0 Å². The van der Waals surface area contributed by atoms with E-state index >= 15 is 0 Å². The number of ether oxygens (including phenoxy) is 2. The Balaban J connectivity index is 1.85. The Morgan fingerprint density at radius 3 is 2.53 bits per heavy atom. The van der Waals surface area contributed by atoms with E-state index < -0.39 is 34.6 Å². The Morgan fingerprint density at radius 1 is 1.23 bits per heavy atom. The van der Waals surface area contributed by atoms with E-state index in [-0.39, 0.29) is 12.3 Å². The second kappa shape index (κ2) is 6.82. The van der Waals surface area contributed by atoms with Crippen molar-refractivity contribution in [2.75, 3.05) is 13.6 Å². The molecule has 9 heteroatoms. The van der Waals surface area contributed by atoms with Crippen LogP contribution in [0.3, 0.4) is 0 Å². The van der Waals surface area contributed by atoms with Crippen LogP contribution in [0.2, 0.25) is 0 Å². The van der Waals surface area contributed by atoms with E-state index in [4.69, 9.17) is 9.47 Å². The first-order valence-corrected chi connectivity index (χ1v) is 9.84. The summed E-state index contributed by atoms with van der Waals surface area (Å²) in [6.45, 7) is 4.39. The molecule has 4 rings (SSSR count). The van der Waals surface area contributed by atoms with Gasteiger partial charge in [-0.3, -0.25) is 0 Å². The number of azide groups is 1. The van der Waals surface area contributed by atoms with Crippen LogP contribution in [-0.2, 0) is 31.0 Å². The second-order valence-corrected chi connectivity index (χ2v) is 8.82. The number of hydrogen-bond acceptors (Lipinski definition) is 6. The molecule has 2 atom stereocenters. The molecule has 0 N–H and O–H groups in total. The minimum Gasteiger partial charge on any atom is -0.405 e. The van der Waals surface area contributed by atoms with Gasteiger partial charge in [0.15, 0.2) is 0 Å². The van der Waals surface area contributed by atoms with Crippen LogP contribution in [0, 0.1) is 17.2 Å². The molecule has 0 aromatic heterocycles. The van der Waals surface area contributed by atoms with Gasteiger partial charge in [0.2, 0.25) is 0 Å². The lowest BCUT2D eigenvalue weighted by Gasteiger charge is -2.51. The molecular formula is C21H23FN4O4. The van der Waals surface area contributed by atoms with Crippen molar-refractivity contribution in [1.82, 2.24) is 4.90 Å². The summed E-state index contributed by atoms with van der Waals surface area (Å²) in [5.41, 5.74) is 9.43. The molecule has 2 unspecified atom stereocenters. The topological polar surface area (TPSA) is 105 Å². The van der Waals surface area contributed by atoms with Gasteiger partial charge in [-0.2, -0.15) is 0 Å². The van der Waals surface area contributed by atoms with Gasteiger partial charge in [0.1, 0.15) is 5.82 Å². The zero-order valence-corrected chi connectivity index (χ0v) is 17.1. The van der Waals surface area contributed by atoms with Crippen LogP contribution in [0.25, 0.3) is 10.4 Å². The summed E-state index contributed by atoms with van der Waals surface area (Å²) in [7, 11) is 1.70. The number of carbonyl (C=O) groups excluding carboxylic acids is 2. The lowest BCUT2D eigenvalue weighted by molar-refractivity contribution is -0.298. The third-order valence-corrected chi connectivity index (χ3v) is 6.71. The standard InChI is InChI=1S/C21H23FN4O4/c1-19(2)11-13-4-5-15(22)10-16(13)21(19,24-25-23)14-8-9-26(3)20(12-14)29-17(27)6-7-18(28)30-20/h4-7,10,14H,8-9,11-12H2,1-3H3. The van der Waals surface area contributed by atoms with Crippen molar-refractivity contribution < 1.29 is 23.5 Å². The fourth-order valence-corrected chi connectivity index (χ4v) is 5.37. The SMILES string of the molecule is CN1CCC(C2(N=[N+]=[N-])c3cc(F)ccc3CC2(C)C)CC12OC(=O)C=CC(=O)O2. The van der Waals surface area contributed by atoms with Crippen LogP contribution in [0.15, 0.2) is 35.5 Å². The Kier molecular flexibility index (Phi) is 4.63. The number of likely N-dealkylation sites (tertiary alicyclic amines) is 1.